The van der Waals surface area contributed by atoms with E-state index in [2.05, 4.69) is 14.9 Å². The van der Waals surface area contributed by atoms with Crippen molar-refractivity contribution >= 4 is 28.9 Å². The Labute approximate surface area is 185 Å². The Kier molecular flexibility index (Phi) is 6.57. The van der Waals surface area contributed by atoms with Gasteiger partial charge in [-0.2, -0.15) is 9.78 Å². The number of para-hydroxylation sites is 1. The number of rotatable bonds is 6. The summed E-state index contributed by atoms with van der Waals surface area (Å²) in [5.41, 5.74) is 1.08. The molecule has 6 nitrogen and oxygen atoms in total. The summed E-state index contributed by atoms with van der Waals surface area (Å²) < 4.78 is 7.11. The van der Waals surface area contributed by atoms with Crippen LogP contribution in [0.3, 0.4) is 0 Å². The van der Waals surface area contributed by atoms with Gasteiger partial charge in [0.25, 0.3) is 5.56 Å². The largest absolute Gasteiger partial charge is 0.492 e. The van der Waals surface area contributed by atoms with Gasteiger partial charge >= 0.3 is 0 Å². The second-order valence-corrected chi connectivity index (χ2v) is 7.84. The zero-order chi connectivity index (χ0) is 20.9. The van der Waals surface area contributed by atoms with Crippen LogP contribution >= 0.6 is 23.2 Å². The number of aromatic nitrogens is 2. The van der Waals surface area contributed by atoms with Crippen molar-refractivity contribution < 1.29 is 4.74 Å². The molecule has 1 aliphatic heterocycles. The third-order valence-corrected chi connectivity index (χ3v) is 5.71. The summed E-state index contributed by atoms with van der Waals surface area (Å²) in [6.07, 6.45) is 1.68. The first-order chi connectivity index (χ1) is 14.6. The smallest absolute Gasteiger partial charge is 0.292 e. The number of hydrogen-bond acceptors (Lipinski definition) is 5. The van der Waals surface area contributed by atoms with Crippen LogP contribution in [0.15, 0.2) is 65.6 Å². The lowest BCUT2D eigenvalue weighted by atomic mass is 10.2. The van der Waals surface area contributed by atoms with Gasteiger partial charge in [0, 0.05) is 37.7 Å². The van der Waals surface area contributed by atoms with E-state index >= 15 is 0 Å². The molecule has 0 unspecified atom stereocenters. The van der Waals surface area contributed by atoms with Crippen LogP contribution in [0, 0.1) is 0 Å². The summed E-state index contributed by atoms with van der Waals surface area (Å²) in [5, 5.41) is 5.23. The van der Waals surface area contributed by atoms with Crippen LogP contribution in [-0.2, 0) is 0 Å². The van der Waals surface area contributed by atoms with Crippen molar-refractivity contribution in [3.05, 3.63) is 81.2 Å². The van der Waals surface area contributed by atoms with Gasteiger partial charge in [-0.25, -0.2) is 0 Å². The fourth-order valence-corrected chi connectivity index (χ4v) is 3.81. The van der Waals surface area contributed by atoms with E-state index < -0.39 is 0 Å². The third kappa shape index (κ3) is 4.78. The van der Waals surface area contributed by atoms with Crippen molar-refractivity contribution in [2.24, 2.45) is 0 Å². The van der Waals surface area contributed by atoms with Gasteiger partial charge in [0.15, 0.2) is 0 Å². The second kappa shape index (κ2) is 9.51. The molecule has 2 heterocycles. The highest BCUT2D eigenvalue weighted by Crippen LogP contribution is 2.23. The maximum atomic E-state index is 12.7. The summed E-state index contributed by atoms with van der Waals surface area (Å²) in [7, 11) is 0. The monoisotopic (exact) mass is 444 g/mol. The molecule has 1 aromatic heterocycles. The quantitative estimate of drug-likeness (QED) is 0.579. The first-order valence-corrected chi connectivity index (χ1v) is 10.6. The number of nitrogens with zero attached hydrogens (tertiary/aromatic N) is 4. The Balaban J connectivity index is 1.33. The van der Waals surface area contributed by atoms with E-state index in [9.17, 15) is 4.79 Å². The Morgan fingerprint density at radius 1 is 0.933 bits per heavy atom. The normalized spacial score (nSPS) is 14.7. The Morgan fingerprint density at radius 2 is 1.63 bits per heavy atom. The summed E-state index contributed by atoms with van der Waals surface area (Å²) >= 11 is 12.3. The van der Waals surface area contributed by atoms with Crippen LogP contribution in [0.2, 0.25) is 10.0 Å². The molecular weight excluding hydrogens is 423 g/mol. The molecule has 156 valence electrons. The fraction of sp³-hybridized carbons (Fsp3) is 0.273. The predicted octanol–water partition coefficient (Wildman–Crippen LogP) is 3.74. The van der Waals surface area contributed by atoms with Crippen LogP contribution in [-0.4, -0.2) is 54.0 Å². The molecule has 0 saturated carbocycles. The minimum Gasteiger partial charge on any atom is -0.492 e. The molecule has 0 bridgehead atoms. The average Bonchev–Trinajstić information content (AvgIpc) is 2.78. The zero-order valence-electron chi connectivity index (χ0n) is 16.4. The number of benzene rings is 2. The molecule has 1 saturated heterocycles. The fourth-order valence-electron chi connectivity index (χ4n) is 3.43. The van der Waals surface area contributed by atoms with Crippen molar-refractivity contribution in [1.29, 1.82) is 0 Å². The van der Waals surface area contributed by atoms with E-state index in [1.807, 2.05) is 54.6 Å². The van der Waals surface area contributed by atoms with Crippen molar-refractivity contribution in [2.45, 2.75) is 0 Å². The molecule has 3 aromatic rings. The number of anilines is 1. The van der Waals surface area contributed by atoms with E-state index in [4.69, 9.17) is 27.9 Å². The van der Waals surface area contributed by atoms with E-state index in [0.29, 0.717) is 23.0 Å². The average molecular weight is 445 g/mol. The molecular formula is C22H22Cl2N4O2. The minimum absolute atomic E-state index is 0.202. The van der Waals surface area contributed by atoms with Gasteiger partial charge in [0.1, 0.15) is 17.4 Å². The number of hydrogen-bond donors (Lipinski definition) is 0. The summed E-state index contributed by atoms with van der Waals surface area (Å²) in [6.45, 7) is 4.72. The zero-order valence-corrected chi connectivity index (χ0v) is 17.9. The molecule has 0 radical (unpaired) electrons. The topological polar surface area (TPSA) is 50.6 Å². The van der Waals surface area contributed by atoms with E-state index in [1.165, 1.54) is 4.68 Å². The van der Waals surface area contributed by atoms with Crippen molar-refractivity contribution in [1.82, 2.24) is 14.7 Å². The van der Waals surface area contributed by atoms with Gasteiger partial charge in [-0.1, -0.05) is 41.4 Å². The van der Waals surface area contributed by atoms with Crippen LogP contribution in [0.4, 0.5) is 5.69 Å². The second-order valence-electron chi connectivity index (χ2n) is 7.03. The molecule has 0 N–H and O–H groups in total. The van der Waals surface area contributed by atoms with Gasteiger partial charge in [-0.15, -0.1) is 0 Å². The standard InChI is InChI=1S/C22H22Cl2N4O2/c23-17-6-8-19(9-7-17)30-15-14-26-10-12-27(13-11-26)20-16-25-28(22(29)21(20)24)18-4-2-1-3-5-18/h1-9,16H,10-15H2. The maximum absolute atomic E-state index is 12.7. The van der Waals surface area contributed by atoms with Gasteiger partial charge in [-0.05, 0) is 36.4 Å². The molecule has 4 rings (SSSR count). The molecule has 1 fully saturated rings. The van der Waals surface area contributed by atoms with Crippen LogP contribution in [0.1, 0.15) is 0 Å². The van der Waals surface area contributed by atoms with E-state index in [0.717, 1.165) is 38.5 Å². The highest BCUT2D eigenvalue weighted by molar-refractivity contribution is 6.33. The number of halogens is 2. The molecule has 0 spiro atoms. The Bertz CT molecular complexity index is 1030. The Morgan fingerprint density at radius 3 is 2.33 bits per heavy atom. The van der Waals surface area contributed by atoms with Gasteiger partial charge in [0.05, 0.1) is 17.6 Å². The van der Waals surface area contributed by atoms with Crippen molar-refractivity contribution in [2.75, 3.05) is 44.2 Å². The lowest BCUT2D eigenvalue weighted by Crippen LogP contribution is -2.48. The molecule has 0 aliphatic carbocycles. The van der Waals surface area contributed by atoms with Crippen LogP contribution in [0.25, 0.3) is 5.69 Å². The molecule has 8 heteroatoms. The van der Waals surface area contributed by atoms with Gasteiger partial charge < -0.3 is 9.64 Å². The molecule has 1 aliphatic rings. The minimum atomic E-state index is -0.306. The summed E-state index contributed by atoms with van der Waals surface area (Å²) in [6, 6.07) is 16.6. The highest BCUT2D eigenvalue weighted by atomic mass is 35.5. The first-order valence-electron chi connectivity index (χ1n) is 9.81. The molecule has 2 aromatic carbocycles. The van der Waals surface area contributed by atoms with Gasteiger partial charge in [-0.3, -0.25) is 9.69 Å². The lowest BCUT2D eigenvalue weighted by Gasteiger charge is -2.36. The molecule has 0 atom stereocenters. The van der Waals surface area contributed by atoms with Crippen molar-refractivity contribution in [3.8, 4) is 11.4 Å². The van der Waals surface area contributed by atoms with Crippen molar-refractivity contribution in [3.63, 3.8) is 0 Å². The lowest BCUT2D eigenvalue weighted by molar-refractivity contribution is 0.200. The highest BCUT2D eigenvalue weighted by Gasteiger charge is 2.21. The SMILES string of the molecule is O=c1c(Cl)c(N2CCN(CCOc3ccc(Cl)cc3)CC2)cnn1-c1ccccc1. The Hall–Kier alpha value is -2.54. The first kappa shape index (κ1) is 20.7. The van der Waals surface area contributed by atoms with E-state index in [1.54, 1.807) is 6.20 Å². The summed E-state index contributed by atoms with van der Waals surface area (Å²) in [4.78, 5) is 17.1. The number of piperazine rings is 1. The predicted molar refractivity (Wildman–Crippen MR) is 120 cm³/mol. The van der Waals surface area contributed by atoms with Crippen LogP contribution < -0.4 is 15.2 Å². The summed E-state index contributed by atoms with van der Waals surface area (Å²) in [5.74, 6) is 0.815. The third-order valence-electron chi connectivity index (χ3n) is 5.10. The van der Waals surface area contributed by atoms with Crippen LogP contribution in [0.5, 0.6) is 5.75 Å². The van der Waals surface area contributed by atoms with E-state index in [-0.39, 0.29) is 10.6 Å². The maximum Gasteiger partial charge on any atom is 0.292 e. The molecule has 0 amide bonds. The molecule has 30 heavy (non-hydrogen) atoms. The number of ether oxygens (including phenoxy) is 1. The van der Waals surface area contributed by atoms with Gasteiger partial charge in [0.2, 0.25) is 0 Å².